The van der Waals surface area contributed by atoms with E-state index in [-0.39, 0.29) is 24.1 Å². The van der Waals surface area contributed by atoms with Gasteiger partial charge in [-0.25, -0.2) is 0 Å². The molecule has 2 N–H and O–H groups in total. The molecule has 0 saturated carbocycles. The molecule has 2 amide bonds. The molecule has 9 nitrogen and oxygen atoms in total. The molecule has 184 valence electrons. The predicted octanol–water partition coefficient (Wildman–Crippen LogP) is 3.51. The van der Waals surface area contributed by atoms with Gasteiger partial charge in [-0.05, 0) is 54.8 Å². The number of carbonyl (C=O) groups excluding carboxylic acids is 2. The second kappa shape index (κ2) is 12.1. The van der Waals surface area contributed by atoms with Crippen molar-refractivity contribution < 1.29 is 19.1 Å². The Kier molecular flexibility index (Phi) is 8.91. The first-order chi connectivity index (χ1) is 16.8. The highest BCUT2D eigenvalue weighted by Crippen LogP contribution is 2.28. The van der Waals surface area contributed by atoms with Crippen LogP contribution in [0.4, 0.5) is 5.69 Å². The molecule has 3 rings (SSSR count). The van der Waals surface area contributed by atoms with Gasteiger partial charge in [0, 0.05) is 18.8 Å². The minimum Gasteiger partial charge on any atom is -0.493 e. The minimum absolute atomic E-state index is 0.123. The first-order valence-electron chi connectivity index (χ1n) is 10.9. The second-order valence-corrected chi connectivity index (χ2v) is 8.65. The summed E-state index contributed by atoms with van der Waals surface area (Å²) in [7, 11) is 4.92. The highest BCUT2D eigenvalue weighted by molar-refractivity contribution is 7.99. The standard InChI is InChI=1S/C25H29N5O4S/c1-16-7-6-8-19(17(16)2)27-24(32)15-35-25-29-28-22(30(25)3)14-26-23(31)12-10-18-9-11-20(33-4)21(13-18)34-5/h6-13H,14-15H2,1-5H3,(H,26,31)(H,27,32). The molecule has 1 aromatic heterocycles. The summed E-state index contributed by atoms with van der Waals surface area (Å²) in [4.78, 5) is 24.6. The van der Waals surface area contributed by atoms with Gasteiger partial charge in [0.2, 0.25) is 11.8 Å². The predicted molar refractivity (Wildman–Crippen MR) is 137 cm³/mol. The van der Waals surface area contributed by atoms with Crippen molar-refractivity contribution in [1.82, 2.24) is 20.1 Å². The van der Waals surface area contributed by atoms with Gasteiger partial charge < -0.3 is 24.7 Å². The fraction of sp³-hybridized carbons (Fsp3) is 0.280. The number of methoxy groups -OCH3 is 2. The lowest BCUT2D eigenvalue weighted by Gasteiger charge is -2.10. The molecule has 0 fully saturated rings. The number of amides is 2. The molecule has 10 heteroatoms. The second-order valence-electron chi connectivity index (χ2n) is 7.71. The van der Waals surface area contributed by atoms with Gasteiger partial charge in [0.05, 0.1) is 26.5 Å². The topological polar surface area (TPSA) is 107 Å². The molecule has 0 radical (unpaired) electrons. The molecule has 35 heavy (non-hydrogen) atoms. The van der Waals surface area contributed by atoms with Crippen molar-refractivity contribution in [3.8, 4) is 11.5 Å². The van der Waals surface area contributed by atoms with E-state index in [9.17, 15) is 9.59 Å². The molecule has 0 atom stereocenters. The average Bonchev–Trinajstić information content (AvgIpc) is 3.21. The van der Waals surface area contributed by atoms with Gasteiger partial charge >= 0.3 is 0 Å². The van der Waals surface area contributed by atoms with Gasteiger partial charge in [-0.2, -0.15) is 0 Å². The van der Waals surface area contributed by atoms with E-state index in [1.807, 2.05) is 38.1 Å². The number of hydrogen-bond donors (Lipinski definition) is 2. The highest BCUT2D eigenvalue weighted by atomic mass is 32.2. The Morgan fingerprint density at radius 2 is 1.86 bits per heavy atom. The fourth-order valence-electron chi connectivity index (χ4n) is 3.18. The molecule has 0 aliphatic carbocycles. The Hall–Kier alpha value is -3.79. The third kappa shape index (κ3) is 6.86. The molecular weight excluding hydrogens is 466 g/mol. The number of nitrogens with one attached hydrogen (secondary N) is 2. The lowest BCUT2D eigenvalue weighted by Crippen LogP contribution is -2.22. The molecule has 0 unspecified atom stereocenters. The summed E-state index contributed by atoms with van der Waals surface area (Å²) in [5, 5.41) is 14.6. The van der Waals surface area contributed by atoms with Crippen LogP contribution in [0.25, 0.3) is 6.08 Å². The Morgan fingerprint density at radius 1 is 1.09 bits per heavy atom. The third-order valence-corrected chi connectivity index (χ3v) is 6.41. The first kappa shape index (κ1) is 25.8. The first-order valence-corrected chi connectivity index (χ1v) is 11.9. The number of ether oxygens (including phenoxy) is 2. The van der Waals surface area contributed by atoms with Crippen molar-refractivity contribution in [3.05, 3.63) is 65.0 Å². The Labute approximate surface area is 208 Å². The van der Waals surface area contributed by atoms with E-state index in [0.717, 1.165) is 22.4 Å². The van der Waals surface area contributed by atoms with E-state index in [1.165, 1.54) is 17.8 Å². The van der Waals surface area contributed by atoms with Crippen LogP contribution in [0, 0.1) is 13.8 Å². The van der Waals surface area contributed by atoms with Gasteiger partial charge in [-0.3, -0.25) is 9.59 Å². The van der Waals surface area contributed by atoms with E-state index in [4.69, 9.17) is 9.47 Å². The maximum absolute atomic E-state index is 12.4. The van der Waals surface area contributed by atoms with E-state index < -0.39 is 0 Å². The van der Waals surface area contributed by atoms with E-state index in [1.54, 1.807) is 44.0 Å². The molecule has 0 bridgehead atoms. The molecular formula is C25H29N5O4S. The number of thioether (sulfide) groups is 1. The van der Waals surface area contributed by atoms with Crippen LogP contribution in [0.2, 0.25) is 0 Å². The van der Waals surface area contributed by atoms with Crippen LogP contribution in [-0.4, -0.2) is 46.6 Å². The molecule has 1 heterocycles. The van der Waals surface area contributed by atoms with Crippen molar-refractivity contribution in [3.63, 3.8) is 0 Å². The van der Waals surface area contributed by atoms with Gasteiger partial charge in [0.15, 0.2) is 22.5 Å². The monoisotopic (exact) mass is 495 g/mol. The zero-order valence-electron chi connectivity index (χ0n) is 20.4. The van der Waals surface area contributed by atoms with Crippen molar-refractivity contribution >= 4 is 35.3 Å². The number of aromatic nitrogens is 3. The summed E-state index contributed by atoms with van der Waals surface area (Å²) in [6, 6.07) is 11.2. The van der Waals surface area contributed by atoms with E-state index in [0.29, 0.717) is 22.5 Å². The lowest BCUT2D eigenvalue weighted by molar-refractivity contribution is -0.116. The number of rotatable bonds is 10. The van der Waals surface area contributed by atoms with E-state index in [2.05, 4.69) is 20.8 Å². The molecule has 2 aromatic carbocycles. The van der Waals surface area contributed by atoms with Crippen LogP contribution >= 0.6 is 11.8 Å². The summed E-state index contributed by atoms with van der Waals surface area (Å²) >= 11 is 1.28. The van der Waals surface area contributed by atoms with Crippen LogP contribution in [-0.2, 0) is 23.2 Å². The molecule has 0 spiro atoms. The van der Waals surface area contributed by atoms with Crippen molar-refractivity contribution in [2.24, 2.45) is 7.05 Å². The molecule has 0 aliphatic heterocycles. The van der Waals surface area contributed by atoms with Crippen LogP contribution in [0.1, 0.15) is 22.5 Å². The number of benzene rings is 2. The Balaban J connectivity index is 1.51. The maximum Gasteiger partial charge on any atom is 0.244 e. The zero-order valence-corrected chi connectivity index (χ0v) is 21.2. The lowest BCUT2D eigenvalue weighted by atomic mass is 10.1. The number of nitrogens with zero attached hydrogens (tertiary/aromatic N) is 3. The van der Waals surface area contributed by atoms with Gasteiger partial charge in [0.1, 0.15) is 0 Å². The summed E-state index contributed by atoms with van der Waals surface area (Å²) in [5.74, 6) is 1.58. The highest BCUT2D eigenvalue weighted by Gasteiger charge is 2.13. The van der Waals surface area contributed by atoms with Gasteiger partial charge in [-0.15, -0.1) is 10.2 Å². The van der Waals surface area contributed by atoms with Crippen molar-refractivity contribution in [2.75, 3.05) is 25.3 Å². The summed E-state index contributed by atoms with van der Waals surface area (Å²) < 4.78 is 12.2. The number of hydrogen-bond acceptors (Lipinski definition) is 7. The summed E-state index contributed by atoms with van der Waals surface area (Å²) in [6.07, 6.45) is 3.12. The minimum atomic E-state index is -0.273. The Morgan fingerprint density at radius 3 is 2.60 bits per heavy atom. The molecule has 3 aromatic rings. The van der Waals surface area contributed by atoms with Crippen LogP contribution in [0.3, 0.4) is 0 Å². The van der Waals surface area contributed by atoms with Gasteiger partial charge in [-0.1, -0.05) is 30.0 Å². The third-order valence-electron chi connectivity index (χ3n) is 5.39. The van der Waals surface area contributed by atoms with Gasteiger partial charge in [0.25, 0.3) is 0 Å². The number of anilines is 1. The number of aryl methyl sites for hydroxylation is 1. The quantitative estimate of drug-likeness (QED) is 0.327. The zero-order chi connectivity index (χ0) is 25.4. The Bertz CT molecular complexity index is 1240. The summed E-state index contributed by atoms with van der Waals surface area (Å²) in [5.41, 5.74) is 3.77. The number of carbonyl (C=O) groups is 2. The smallest absolute Gasteiger partial charge is 0.244 e. The van der Waals surface area contributed by atoms with E-state index >= 15 is 0 Å². The average molecular weight is 496 g/mol. The maximum atomic E-state index is 12.4. The molecule has 0 saturated heterocycles. The van der Waals surface area contributed by atoms with Crippen LogP contribution in [0.5, 0.6) is 11.5 Å². The molecule has 0 aliphatic rings. The van der Waals surface area contributed by atoms with Crippen molar-refractivity contribution in [2.45, 2.75) is 25.5 Å². The SMILES string of the molecule is COc1ccc(C=CC(=O)NCc2nnc(SCC(=O)Nc3cccc(C)c3C)n2C)cc1OC. The van der Waals surface area contributed by atoms with Crippen LogP contribution in [0.15, 0.2) is 47.6 Å². The van der Waals surface area contributed by atoms with Crippen LogP contribution < -0.4 is 20.1 Å². The van der Waals surface area contributed by atoms with Crippen molar-refractivity contribution in [1.29, 1.82) is 0 Å². The fourth-order valence-corrected chi connectivity index (χ4v) is 3.91. The summed E-state index contributed by atoms with van der Waals surface area (Å²) in [6.45, 7) is 4.18. The normalized spacial score (nSPS) is 10.9. The largest absolute Gasteiger partial charge is 0.493 e.